The van der Waals surface area contributed by atoms with Crippen LogP contribution in [0.25, 0.3) is 0 Å². The Bertz CT molecular complexity index is 367. The second-order valence-electron chi connectivity index (χ2n) is 2.54. The van der Waals surface area contributed by atoms with Crippen LogP contribution in [-0.2, 0) is 0 Å². The summed E-state index contributed by atoms with van der Waals surface area (Å²) in [5, 5.41) is 11.7. The Kier molecular flexibility index (Phi) is 3.35. The summed E-state index contributed by atoms with van der Waals surface area (Å²) in [6.07, 6.45) is 2.60. The number of hydrogen-bond acceptors (Lipinski definition) is 4. The van der Waals surface area contributed by atoms with Crippen molar-refractivity contribution >= 4 is 23.1 Å². The maximum absolute atomic E-state index is 11.4. The van der Waals surface area contributed by atoms with E-state index in [-0.39, 0.29) is 22.8 Å². The lowest BCUT2D eigenvalue weighted by Gasteiger charge is -2.04. The molecule has 0 unspecified atom stereocenters. The predicted molar refractivity (Wildman–Crippen MR) is 55.0 cm³/mol. The van der Waals surface area contributed by atoms with E-state index in [0.717, 1.165) is 0 Å². The molecule has 0 aliphatic rings. The molecule has 0 atom stereocenters. The Morgan fingerprint density at radius 3 is 3.00 bits per heavy atom. The lowest BCUT2D eigenvalue weighted by atomic mass is 10.2. The largest absolute Gasteiger partial charge is 0.505 e. The monoisotopic (exact) mass is 211 g/mol. The molecule has 0 saturated heterocycles. The molecule has 0 aliphatic carbocycles. The molecule has 5 nitrogen and oxygen atoms in total. The molecule has 0 saturated carbocycles. The second kappa shape index (κ2) is 4.52. The van der Waals surface area contributed by atoms with Gasteiger partial charge >= 0.3 is 0 Å². The highest BCUT2D eigenvalue weighted by Crippen LogP contribution is 2.12. The third-order valence-corrected chi connectivity index (χ3v) is 1.61. The smallest absolute Gasteiger partial charge is 0.255 e. The van der Waals surface area contributed by atoms with E-state index in [1.807, 2.05) is 0 Å². The molecule has 0 bridgehead atoms. The zero-order valence-corrected chi connectivity index (χ0v) is 8.04. The van der Waals surface area contributed by atoms with Crippen molar-refractivity contribution in [3.05, 3.63) is 24.0 Å². The van der Waals surface area contributed by atoms with Crippen molar-refractivity contribution in [2.45, 2.75) is 0 Å². The summed E-state index contributed by atoms with van der Waals surface area (Å²) in [6, 6.07) is 1.41. The molecule has 74 valence electrons. The number of carbonyl (C=O) groups is 1. The summed E-state index contributed by atoms with van der Waals surface area (Å²) in [5.74, 6) is -0.606. The number of nitrogens with zero attached hydrogens (tertiary/aromatic N) is 1. The molecule has 1 aromatic heterocycles. The van der Waals surface area contributed by atoms with E-state index in [0.29, 0.717) is 0 Å². The van der Waals surface area contributed by atoms with Gasteiger partial charge in [0.05, 0.1) is 23.3 Å². The second-order valence-corrected chi connectivity index (χ2v) is 3.07. The van der Waals surface area contributed by atoms with Crippen LogP contribution in [0.4, 0.5) is 0 Å². The Morgan fingerprint density at radius 1 is 1.71 bits per heavy atom. The van der Waals surface area contributed by atoms with Gasteiger partial charge in [0.15, 0.2) is 0 Å². The van der Waals surface area contributed by atoms with Gasteiger partial charge in [-0.15, -0.1) is 0 Å². The Hall–Kier alpha value is -1.69. The van der Waals surface area contributed by atoms with E-state index in [2.05, 4.69) is 22.5 Å². The summed E-state index contributed by atoms with van der Waals surface area (Å²) >= 11 is 4.58. The molecule has 6 heteroatoms. The first-order chi connectivity index (χ1) is 6.61. The van der Waals surface area contributed by atoms with Gasteiger partial charge in [-0.2, -0.15) is 0 Å². The van der Waals surface area contributed by atoms with Crippen LogP contribution >= 0.6 is 12.2 Å². The van der Waals surface area contributed by atoms with Crippen molar-refractivity contribution < 1.29 is 9.90 Å². The van der Waals surface area contributed by atoms with Crippen molar-refractivity contribution in [2.75, 3.05) is 6.54 Å². The predicted octanol–water partition coefficient (Wildman–Crippen LogP) is -0.197. The highest BCUT2D eigenvalue weighted by molar-refractivity contribution is 7.80. The van der Waals surface area contributed by atoms with E-state index in [1.54, 1.807) is 0 Å². The Labute approximate surface area is 86.0 Å². The number of carbonyl (C=O) groups excluding carboxylic acids is 1. The molecule has 1 rings (SSSR count). The van der Waals surface area contributed by atoms with Crippen LogP contribution < -0.4 is 11.1 Å². The highest BCUT2D eigenvalue weighted by Gasteiger charge is 2.09. The number of thiocarbonyl (C=S) groups is 1. The fourth-order valence-electron chi connectivity index (χ4n) is 0.841. The van der Waals surface area contributed by atoms with Crippen LogP contribution in [0.1, 0.15) is 10.4 Å². The molecule has 0 spiro atoms. The molecule has 1 amide bonds. The molecule has 4 N–H and O–H groups in total. The average molecular weight is 211 g/mol. The maximum Gasteiger partial charge on any atom is 0.255 e. The van der Waals surface area contributed by atoms with Gasteiger partial charge in [0.2, 0.25) is 0 Å². The number of pyridine rings is 1. The van der Waals surface area contributed by atoms with Gasteiger partial charge in [-0.25, -0.2) is 0 Å². The molecule has 0 aliphatic heterocycles. The number of nitrogens with two attached hydrogens (primary N) is 1. The van der Waals surface area contributed by atoms with Crippen LogP contribution in [-0.4, -0.2) is 27.5 Å². The number of aromatic nitrogens is 1. The molecule has 14 heavy (non-hydrogen) atoms. The Balaban J connectivity index is 2.70. The van der Waals surface area contributed by atoms with Crippen molar-refractivity contribution in [1.29, 1.82) is 0 Å². The topological polar surface area (TPSA) is 88.2 Å². The lowest BCUT2D eigenvalue weighted by Crippen LogP contribution is -2.32. The SMILES string of the molecule is NC(=S)CNC(=O)c1ccncc1O. The third-order valence-electron chi connectivity index (χ3n) is 1.47. The van der Waals surface area contributed by atoms with Crippen molar-refractivity contribution in [1.82, 2.24) is 10.3 Å². The minimum Gasteiger partial charge on any atom is -0.505 e. The van der Waals surface area contributed by atoms with Crippen LogP contribution in [0.15, 0.2) is 18.5 Å². The number of aromatic hydroxyl groups is 1. The van der Waals surface area contributed by atoms with Crippen LogP contribution in [0.2, 0.25) is 0 Å². The third kappa shape index (κ3) is 2.67. The molecule has 0 fully saturated rings. The van der Waals surface area contributed by atoms with Gasteiger partial charge in [0.25, 0.3) is 5.91 Å². The fourth-order valence-corrected chi connectivity index (χ4v) is 0.913. The van der Waals surface area contributed by atoms with E-state index >= 15 is 0 Å². The fraction of sp³-hybridized carbons (Fsp3) is 0.125. The average Bonchev–Trinajstić information content (AvgIpc) is 2.15. The van der Waals surface area contributed by atoms with Crippen molar-refractivity contribution in [2.24, 2.45) is 5.73 Å². The van der Waals surface area contributed by atoms with E-state index in [4.69, 9.17) is 5.73 Å². The molecule has 1 aromatic rings. The quantitative estimate of drug-likeness (QED) is 0.603. The zero-order chi connectivity index (χ0) is 10.6. The lowest BCUT2D eigenvalue weighted by molar-refractivity contribution is 0.0956. The van der Waals surface area contributed by atoms with Gasteiger partial charge in [-0.1, -0.05) is 12.2 Å². The number of amides is 1. The minimum absolute atomic E-state index is 0.107. The summed E-state index contributed by atoms with van der Waals surface area (Å²) in [5.41, 5.74) is 5.35. The zero-order valence-electron chi connectivity index (χ0n) is 7.23. The first kappa shape index (κ1) is 10.4. The molecular formula is C8H9N3O2S. The van der Waals surface area contributed by atoms with Crippen LogP contribution in [0.3, 0.4) is 0 Å². The van der Waals surface area contributed by atoms with Crippen LogP contribution in [0, 0.1) is 0 Å². The summed E-state index contributed by atoms with van der Waals surface area (Å²) in [4.78, 5) is 15.2. The van der Waals surface area contributed by atoms with Gasteiger partial charge < -0.3 is 16.2 Å². The molecule has 0 aromatic carbocycles. The number of rotatable bonds is 3. The van der Waals surface area contributed by atoms with E-state index in [9.17, 15) is 9.90 Å². The van der Waals surface area contributed by atoms with Crippen LogP contribution in [0.5, 0.6) is 5.75 Å². The van der Waals surface area contributed by atoms with Gasteiger partial charge in [0, 0.05) is 6.20 Å². The highest BCUT2D eigenvalue weighted by atomic mass is 32.1. The summed E-state index contributed by atoms with van der Waals surface area (Å²) < 4.78 is 0. The molecule has 0 radical (unpaired) electrons. The first-order valence-electron chi connectivity index (χ1n) is 3.80. The number of nitrogens with one attached hydrogen (secondary N) is 1. The summed E-state index contributed by atoms with van der Waals surface area (Å²) in [6.45, 7) is 0.107. The Morgan fingerprint density at radius 2 is 2.43 bits per heavy atom. The molecule has 1 heterocycles. The van der Waals surface area contributed by atoms with E-state index in [1.165, 1.54) is 18.5 Å². The van der Waals surface area contributed by atoms with Crippen molar-refractivity contribution in [3.63, 3.8) is 0 Å². The molecular weight excluding hydrogens is 202 g/mol. The standard InChI is InChI=1S/C8H9N3O2S/c9-7(14)4-11-8(13)5-1-2-10-3-6(5)12/h1-3,12H,4H2,(H2,9,14)(H,11,13). The summed E-state index contributed by atoms with van der Waals surface area (Å²) in [7, 11) is 0. The van der Waals surface area contributed by atoms with Gasteiger partial charge in [-0.3, -0.25) is 9.78 Å². The minimum atomic E-state index is -0.433. The van der Waals surface area contributed by atoms with Crippen molar-refractivity contribution in [3.8, 4) is 5.75 Å². The van der Waals surface area contributed by atoms with Gasteiger partial charge in [-0.05, 0) is 6.07 Å². The maximum atomic E-state index is 11.4. The number of hydrogen-bond donors (Lipinski definition) is 3. The first-order valence-corrected chi connectivity index (χ1v) is 4.21. The van der Waals surface area contributed by atoms with E-state index < -0.39 is 5.91 Å². The van der Waals surface area contributed by atoms with Gasteiger partial charge in [0.1, 0.15) is 5.75 Å². The normalized spacial score (nSPS) is 9.43.